The first-order valence-corrected chi connectivity index (χ1v) is 7.25. The highest BCUT2D eigenvalue weighted by Crippen LogP contribution is 2.26. The van der Waals surface area contributed by atoms with Crippen molar-refractivity contribution < 1.29 is 24.2 Å². The highest BCUT2D eigenvalue weighted by atomic mass is 16.5. The molecular formula is C14H24N2O5. The number of likely N-dealkylation sites (N-methyl/N-ethyl adjacent to an activating group) is 1. The number of carbonyl (C=O) groups excluding carboxylic acids is 1. The number of rotatable bonds is 3. The molecule has 21 heavy (non-hydrogen) atoms. The SMILES string of the molecule is COC1(C)CCCN(C(=O)N(C)C2COCC2C(=O)O)C1. The van der Waals surface area contributed by atoms with Crippen LogP contribution >= 0.6 is 0 Å². The number of carboxylic acids is 1. The molecule has 3 unspecified atom stereocenters. The van der Waals surface area contributed by atoms with Crippen LogP contribution in [0.1, 0.15) is 19.8 Å². The Morgan fingerprint density at radius 1 is 1.43 bits per heavy atom. The molecule has 120 valence electrons. The number of urea groups is 1. The number of nitrogens with zero attached hydrogens (tertiary/aromatic N) is 2. The second kappa shape index (κ2) is 6.19. The molecule has 0 aliphatic carbocycles. The number of hydrogen-bond donors (Lipinski definition) is 1. The summed E-state index contributed by atoms with van der Waals surface area (Å²) in [6.45, 7) is 3.62. The van der Waals surface area contributed by atoms with Crippen LogP contribution in [-0.2, 0) is 14.3 Å². The van der Waals surface area contributed by atoms with Crippen LogP contribution in [0.2, 0.25) is 0 Å². The van der Waals surface area contributed by atoms with Gasteiger partial charge in [0, 0.05) is 20.7 Å². The lowest BCUT2D eigenvalue weighted by atomic mass is 9.95. The van der Waals surface area contributed by atoms with Gasteiger partial charge < -0.3 is 24.4 Å². The summed E-state index contributed by atoms with van der Waals surface area (Å²) in [5.74, 6) is -1.57. The Morgan fingerprint density at radius 3 is 2.76 bits per heavy atom. The van der Waals surface area contributed by atoms with Crippen molar-refractivity contribution in [2.45, 2.75) is 31.4 Å². The number of carboxylic acid groups (broad SMARTS) is 1. The lowest BCUT2D eigenvalue weighted by molar-refractivity contribution is -0.142. The van der Waals surface area contributed by atoms with Crippen LogP contribution in [0.25, 0.3) is 0 Å². The fraction of sp³-hybridized carbons (Fsp3) is 0.857. The van der Waals surface area contributed by atoms with Gasteiger partial charge in [0.15, 0.2) is 0 Å². The molecule has 0 radical (unpaired) electrons. The Hall–Kier alpha value is -1.34. The van der Waals surface area contributed by atoms with E-state index in [0.717, 1.165) is 12.8 Å². The zero-order valence-electron chi connectivity index (χ0n) is 12.9. The molecule has 2 heterocycles. The zero-order valence-corrected chi connectivity index (χ0v) is 12.9. The number of amides is 2. The number of likely N-dealkylation sites (tertiary alicyclic amines) is 1. The molecule has 0 bridgehead atoms. The van der Waals surface area contributed by atoms with Crippen LogP contribution in [0.5, 0.6) is 0 Å². The van der Waals surface area contributed by atoms with Crippen molar-refractivity contribution in [1.82, 2.24) is 9.80 Å². The van der Waals surface area contributed by atoms with Crippen molar-refractivity contribution in [1.29, 1.82) is 0 Å². The summed E-state index contributed by atoms with van der Waals surface area (Å²) in [5, 5.41) is 9.19. The molecule has 2 amide bonds. The molecule has 0 aromatic heterocycles. The Morgan fingerprint density at radius 2 is 2.14 bits per heavy atom. The minimum absolute atomic E-state index is 0.153. The average molecular weight is 300 g/mol. The Labute approximate surface area is 124 Å². The Bertz CT molecular complexity index is 416. The molecule has 2 saturated heterocycles. The van der Waals surface area contributed by atoms with Gasteiger partial charge in [-0.1, -0.05) is 0 Å². The molecule has 2 aliphatic heterocycles. The number of hydrogen-bond acceptors (Lipinski definition) is 4. The summed E-state index contributed by atoms with van der Waals surface area (Å²) in [6.07, 6.45) is 1.80. The molecule has 7 heteroatoms. The van der Waals surface area contributed by atoms with E-state index in [0.29, 0.717) is 13.1 Å². The summed E-state index contributed by atoms with van der Waals surface area (Å²) >= 11 is 0. The lowest BCUT2D eigenvalue weighted by Crippen LogP contribution is -2.56. The molecule has 0 saturated carbocycles. The predicted molar refractivity (Wildman–Crippen MR) is 75.1 cm³/mol. The van der Waals surface area contributed by atoms with Crippen LogP contribution in [0.4, 0.5) is 4.79 Å². The highest BCUT2D eigenvalue weighted by Gasteiger charge is 2.41. The average Bonchev–Trinajstić information content (AvgIpc) is 2.95. The van der Waals surface area contributed by atoms with E-state index in [1.807, 2.05) is 6.92 Å². The van der Waals surface area contributed by atoms with E-state index in [2.05, 4.69) is 0 Å². The van der Waals surface area contributed by atoms with E-state index in [-0.39, 0.29) is 24.8 Å². The quantitative estimate of drug-likeness (QED) is 0.827. The fourth-order valence-corrected chi connectivity index (χ4v) is 3.06. The number of carbonyl (C=O) groups is 2. The van der Waals surface area contributed by atoms with Gasteiger partial charge in [0.05, 0.1) is 31.4 Å². The lowest BCUT2D eigenvalue weighted by Gasteiger charge is -2.41. The Kier molecular flexibility index (Phi) is 4.73. The van der Waals surface area contributed by atoms with Crippen molar-refractivity contribution in [3.8, 4) is 0 Å². The van der Waals surface area contributed by atoms with Crippen molar-refractivity contribution in [3.63, 3.8) is 0 Å². The van der Waals surface area contributed by atoms with E-state index in [1.165, 1.54) is 4.90 Å². The first-order chi connectivity index (χ1) is 9.88. The van der Waals surface area contributed by atoms with Crippen molar-refractivity contribution in [2.75, 3.05) is 40.5 Å². The van der Waals surface area contributed by atoms with Gasteiger partial charge in [0.1, 0.15) is 5.92 Å². The van der Waals surface area contributed by atoms with Crippen LogP contribution in [-0.4, -0.2) is 79.0 Å². The summed E-state index contributed by atoms with van der Waals surface area (Å²) in [4.78, 5) is 27.1. The minimum atomic E-state index is -0.919. The van der Waals surface area contributed by atoms with Gasteiger partial charge in [0.25, 0.3) is 0 Å². The van der Waals surface area contributed by atoms with E-state index < -0.39 is 17.9 Å². The van der Waals surface area contributed by atoms with Gasteiger partial charge in [-0.2, -0.15) is 0 Å². The van der Waals surface area contributed by atoms with Crippen LogP contribution in [0.3, 0.4) is 0 Å². The predicted octanol–water partition coefficient (Wildman–Crippen LogP) is 0.639. The van der Waals surface area contributed by atoms with Crippen LogP contribution in [0.15, 0.2) is 0 Å². The highest BCUT2D eigenvalue weighted by molar-refractivity contribution is 5.77. The van der Waals surface area contributed by atoms with Gasteiger partial charge in [0.2, 0.25) is 0 Å². The number of aliphatic carboxylic acids is 1. The number of ether oxygens (including phenoxy) is 2. The second-order valence-corrected chi connectivity index (χ2v) is 6.12. The molecule has 3 atom stereocenters. The monoisotopic (exact) mass is 300 g/mol. The molecule has 2 rings (SSSR count). The van der Waals surface area contributed by atoms with E-state index in [1.54, 1.807) is 19.1 Å². The van der Waals surface area contributed by atoms with Gasteiger partial charge in [-0.25, -0.2) is 4.79 Å². The normalized spacial score (nSPS) is 33.0. The van der Waals surface area contributed by atoms with Crippen LogP contribution < -0.4 is 0 Å². The van der Waals surface area contributed by atoms with Crippen molar-refractivity contribution in [3.05, 3.63) is 0 Å². The first kappa shape index (κ1) is 16.0. The van der Waals surface area contributed by atoms with E-state index in [4.69, 9.17) is 9.47 Å². The van der Waals surface area contributed by atoms with E-state index in [9.17, 15) is 14.7 Å². The minimum Gasteiger partial charge on any atom is -0.481 e. The maximum Gasteiger partial charge on any atom is 0.320 e. The summed E-state index contributed by atoms with van der Waals surface area (Å²) in [7, 11) is 3.30. The molecule has 0 spiro atoms. The van der Waals surface area contributed by atoms with Gasteiger partial charge in [-0.15, -0.1) is 0 Å². The summed E-state index contributed by atoms with van der Waals surface area (Å²) in [6, 6.07) is -0.564. The number of piperidine rings is 1. The maximum absolute atomic E-state index is 12.6. The van der Waals surface area contributed by atoms with Gasteiger partial charge in [-0.05, 0) is 19.8 Å². The molecule has 1 N–H and O–H groups in total. The van der Waals surface area contributed by atoms with E-state index >= 15 is 0 Å². The third-order valence-corrected chi connectivity index (χ3v) is 4.59. The van der Waals surface area contributed by atoms with Gasteiger partial charge in [-0.3, -0.25) is 4.79 Å². The summed E-state index contributed by atoms with van der Waals surface area (Å²) in [5.41, 5.74) is -0.326. The molecular weight excluding hydrogens is 276 g/mol. The first-order valence-electron chi connectivity index (χ1n) is 7.25. The Balaban J connectivity index is 2.03. The standard InChI is InChI=1S/C14H24N2O5/c1-14(20-3)5-4-6-16(9-14)13(19)15(2)11-8-21-7-10(11)12(17)18/h10-11H,4-9H2,1-3H3,(H,17,18). The fourth-order valence-electron chi connectivity index (χ4n) is 3.06. The van der Waals surface area contributed by atoms with Gasteiger partial charge >= 0.3 is 12.0 Å². The second-order valence-electron chi connectivity index (χ2n) is 6.12. The molecule has 2 fully saturated rings. The maximum atomic E-state index is 12.6. The van der Waals surface area contributed by atoms with Crippen LogP contribution in [0, 0.1) is 5.92 Å². The molecule has 0 aromatic carbocycles. The largest absolute Gasteiger partial charge is 0.481 e. The van der Waals surface area contributed by atoms with Crippen molar-refractivity contribution >= 4 is 12.0 Å². The smallest absolute Gasteiger partial charge is 0.320 e. The summed E-state index contributed by atoms with van der Waals surface area (Å²) < 4.78 is 10.7. The number of methoxy groups -OCH3 is 1. The van der Waals surface area contributed by atoms with Crippen molar-refractivity contribution in [2.24, 2.45) is 5.92 Å². The third-order valence-electron chi connectivity index (χ3n) is 4.59. The topological polar surface area (TPSA) is 79.3 Å². The molecule has 7 nitrogen and oxygen atoms in total. The third kappa shape index (κ3) is 3.29. The zero-order chi connectivity index (χ0) is 15.6. The molecule has 0 aromatic rings. The molecule has 2 aliphatic rings.